The fraction of sp³-hybridized carbons (Fsp3) is 0.0263. The van der Waals surface area contributed by atoms with Gasteiger partial charge in [-0.15, -0.1) is 0 Å². The highest BCUT2D eigenvalue weighted by atomic mass is 15.1. The lowest BCUT2D eigenvalue weighted by Crippen LogP contribution is -2.12. The van der Waals surface area contributed by atoms with Crippen molar-refractivity contribution in [2.45, 2.75) is 13.8 Å². The summed E-state index contributed by atoms with van der Waals surface area (Å²) < 4.78 is 7.49. The van der Waals surface area contributed by atoms with E-state index in [9.17, 15) is 0 Å². The highest BCUT2D eigenvalue weighted by Gasteiger charge is 2.32. The van der Waals surface area contributed by atoms with Crippen LogP contribution in [0.3, 0.4) is 0 Å². The lowest BCUT2D eigenvalue weighted by molar-refractivity contribution is 1.07. The van der Waals surface area contributed by atoms with Crippen molar-refractivity contribution in [2.75, 3.05) is 0 Å². The highest BCUT2D eigenvalue weighted by Crippen LogP contribution is 2.50. The van der Waals surface area contributed by atoms with E-state index in [-0.39, 0.29) is 0 Å². The van der Waals surface area contributed by atoms with Crippen molar-refractivity contribution >= 4 is 65.4 Å². The van der Waals surface area contributed by atoms with Crippen LogP contribution in [0.4, 0.5) is 0 Å². The van der Waals surface area contributed by atoms with Gasteiger partial charge in [-0.2, -0.15) is 0 Å². The second kappa shape index (κ2) is 19.4. The minimum atomic E-state index is 0.609. The second-order valence-corrected chi connectivity index (χ2v) is 21.5. The molecule has 0 amide bonds. The van der Waals surface area contributed by atoms with Crippen LogP contribution in [0.15, 0.2) is 273 Å². The molecule has 7 nitrogen and oxygen atoms in total. The lowest BCUT2D eigenvalue weighted by atomic mass is 9.94. The number of fused-ring (bicyclic) bond motifs is 9. The van der Waals surface area contributed by atoms with E-state index in [1.807, 2.05) is 12.1 Å². The fourth-order valence-electron chi connectivity index (χ4n) is 12.7. The molecule has 390 valence electrons. The first-order valence-electron chi connectivity index (χ1n) is 28.2. The predicted molar refractivity (Wildman–Crippen MR) is 343 cm³/mol. The standard InChI is InChI=1S/C76H51N7/c1-48-39-41-69-58(43-48)59-44-49(2)40-42-70(59)83(69)74-71(81-65-35-19-15-31-54(65)55-32-16-20-36-66(55)81)45-60(63-46-61(50-23-7-3-8-24-50)77-75(79-63)52-27-11-5-12-28-52)73(82-67-37-21-17-33-56(67)57-34-18-22-38-68(57)82)72(74)64-47-62(51-25-9-4-10-26-51)78-76(80-64)53-29-13-6-14-30-53/h3-47H,1-2H3. The smallest absolute Gasteiger partial charge is 0.160 e. The number of rotatable bonds is 9. The van der Waals surface area contributed by atoms with Gasteiger partial charge in [0, 0.05) is 60.1 Å². The second-order valence-electron chi connectivity index (χ2n) is 21.5. The third-order valence-corrected chi connectivity index (χ3v) is 16.4. The predicted octanol–water partition coefficient (Wildman–Crippen LogP) is 19.2. The van der Waals surface area contributed by atoms with Gasteiger partial charge in [0.25, 0.3) is 0 Å². The summed E-state index contributed by atoms with van der Waals surface area (Å²) >= 11 is 0. The van der Waals surface area contributed by atoms with E-state index in [0.29, 0.717) is 11.6 Å². The Morgan fingerprint density at radius 2 is 0.590 bits per heavy atom. The monoisotopic (exact) mass is 1060 g/mol. The quantitative estimate of drug-likeness (QED) is 0.144. The summed E-state index contributed by atoms with van der Waals surface area (Å²) in [5.74, 6) is 1.23. The molecule has 0 aliphatic rings. The Morgan fingerprint density at radius 3 is 1.04 bits per heavy atom. The Kier molecular flexibility index (Phi) is 11.2. The van der Waals surface area contributed by atoms with Gasteiger partial charge in [-0.1, -0.05) is 217 Å². The summed E-state index contributed by atoms with van der Waals surface area (Å²) in [4.78, 5) is 22.6. The molecule has 0 aliphatic heterocycles. The third-order valence-electron chi connectivity index (χ3n) is 16.4. The number of nitrogens with zero attached hydrogens (tertiary/aromatic N) is 7. The minimum Gasteiger partial charge on any atom is -0.308 e. The molecule has 11 aromatic carbocycles. The zero-order valence-corrected chi connectivity index (χ0v) is 45.6. The molecule has 0 unspecified atom stereocenters. The molecule has 0 spiro atoms. The van der Waals surface area contributed by atoms with Crippen LogP contribution in [0.25, 0.3) is 150 Å². The van der Waals surface area contributed by atoms with Crippen LogP contribution in [0.5, 0.6) is 0 Å². The summed E-state index contributed by atoms with van der Waals surface area (Å²) in [6, 6.07) is 97.6. The number of aromatic nitrogens is 7. The van der Waals surface area contributed by atoms with Crippen LogP contribution < -0.4 is 0 Å². The highest BCUT2D eigenvalue weighted by molar-refractivity contribution is 6.15. The van der Waals surface area contributed by atoms with Gasteiger partial charge in [0.15, 0.2) is 11.6 Å². The normalized spacial score (nSPS) is 11.7. The summed E-state index contributed by atoms with van der Waals surface area (Å²) in [5.41, 5.74) is 20.2. The average molecular weight is 1060 g/mol. The van der Waals surface area contributed by atoms with Crippen molar-refractivity contribution in [3.05, 3.63) is 284 Å². The molecule has 0 bridgehead atoms. The molecule has 0 saturated carbocycles. The Morgan fingerprint density at radius 1 is 0.253 bits per heavy atom. The number of benzene rings is 11. The first-order chi connectivity index (χ1) is 41.0. The maximum absolute atomic E-state index is 5.92. The van der Waals surface area contributed by atoms with Gasteiger partial charge < -0.3 is 13.7 Å². The molecule has 0 saturated heterocycles. The summed E-state index contributed by atoms with van der Waals surface area (Å²) in [5, 5.41) is 6.89. The van der Waals surface area contributed by atoms with Crippen molar-refractivity contribution in [1.82, 2.24) is 33.6 Å². The molecule has 0 aliphatic carbocycles. The molecule has 5 aromatic heterocycles. The van der Waals surface area contributed by atoms with Crippen molar-refractivity contribution in [3.8, 4) is 84.9 Å². The third kappa shape index (κ3) is 7.88. The zero-order valence-electron chi connectivity index (χ0n) is 45.6. The van der Waals surface area contributed by atoms with Crippen molar-refractivity contribution < 1.29 is 0 Å². The molecule has 0 fully saturated rings. The topological polar surface area (TPSA) is 66.3 Å². The Bertz CT molecular complexity index is 4930. The van der Waals surface area contributed by atoms with E-state index in [0.717, 1.165) is 128 Å². The maximum atomic E-state index is 5.92. The van der Waals surface area contributed by atoms with E-state index < -0.39 is 0 Å². The SMILES string of the molecule is Cc1ccc2c(c1)c1cc(C)ccc1n2-c1c(-n2c3ccccc3c3ccccc32)cc(-c2cc(-c3ccccc3)nc(-c3ccccc3)n2)c(-n2c3ccccc3c3ccccc32)c1-c1cc(-c2ccccc2)nc(-c2ccccc2)n1. The van der Waals surface area contributed by atoms with E-state index >= 15 is 0 Å². The molecule has 16 rings (SSSR count). The van der Waals surface area contributed by atoms with Crippen LogP contribution in [-0.2, 0) is 0 Å². The van der Waals surface area contributed by atoms with E-state index in [2.05, 4.69) is 288 Å². The van der Waals surface area contributed by atoms with E-state index in [4.69, 9.17) is 19.9 Å². The number of hydrogen-bond acceptors (Lipinski definition) is 4. The van der Waals surface area contributed by atoms with Crippen LogP contribution >= 0.6 is 0 Å². The minimum absolute atomic E-state index is 0.609. The van der Waals surface area contributed by atoms with Crippen molar-refractivity contribution in [3.63, 3.8) is 0 Å². The number of aryl methyl sites for hydroxylation is 2. The molecule has 0 radical (unpaired) electrons. The van der Waals surface area contributed by atoms with Gasteiger partial charge in [0.2, 0.25) is 0 Å². The summed E-state index contributed by atoms with van der Waals surface area (Å²) in [7, 11) is 0. The molecule has 7 heteroatoms. The van der Waals surface area contributed by atoms with Crippen LogP contribution in [-0.4, -0.2) is 33.6 Å². The van der Waals surface area contributed by atoms with Crippen LogP contribution in [0.2, 0.25) is 0 Å². The lowest BCUT2D eigenvalue weighted by Gasteiger charge is -2.27. The maximum Gasteiger partial charge on any atom is 0.160 e. The zero-order chi connectivity index (χ0) is 55.1. The number of para-hydroxylation sites is 4. The van der Waals surface area contributed by atoms with Crippen LogP contribution in [0, 0.1) is 13.8 Å². The molecule has 0 atom stereocenters. The largest absolute Gasteiger partial charge is 0.308 e. The molecule has 16 aromatic rings. The first-order valence-corrected chi connectivity index (χ1v) is 28.2. The molecular formula is C76H51N7. The van der Waals surface area contributed by atoms with Crippen molar-refractivity contribution in [2.24, 2.45) is 0 Å². The molecule has 83 heavy (non-hydrogen) atoms. The molecule has 5 heterocycles. The van der Waals surface area contributed by atoms with Gasteiger partial charge >= 0.3 is 0 Å². The van der Waals surface area contributed by atoms with Crippen LogP contribution in [0.1, 0.15) is 11.1 Å². The van der Waals surface area contributed by atoms with Gasteiger partial charge in [0.05, 0.1) is 78.5 Å². The molecular weight excluding hydrogens is 1010 g/mol. The average Bonchev–Trinajstić information content (AvgIpc) is 3.93. The Labute approximate surface area is 479 Å². The Hall–Kier alpha value is -11.0. The van der Waals surface area contributed by atoms with E-state index in [1.165, 1.54) is 21.9 Å². The van der Waals surface area contributed by atoms with Gasteiger partial charge in [0.1, 0.15) is 0 Å². The van der Waals surface area contributed by atoms with Crippen molar-refractivity contribution in [1.29, 1.82) is 0 Å². The van der Waals surface area contributed by atoms with Gasteiger partial charge in [-0.05, 0) is 80.6 Å². The van der Waals surface area contributed by atoms with Gasteiger partial charge in [-0.3, -0.25) is 0 Å². The summed E-state index contributed by atoms with van der Waals surface area (Å²) in [6.07, 6.45) is 0. The van der Waals surface area contributed by atoms with Gasteiger partial charge in [-0.25, -0.2) is 19.9 Å². The fourth-order valence-corrected chi connectivity index (χ4v) is 12.7. The summed E-state index contributed by atoms with van der Waals surface area (Å²) in [6.45, 7) is 4.38. The van der Waals surface area contributed by atoms with E-state index in [1.54, 1.807) is 0 Å². The first kappa shape index (κ1) is 47.9. The Balaban J connectivity index is 1.22. The molecule has 0 N–H and O–H groups in total. The number of hydrogen-bond donors (Lipinski definition) is 0.